The number of aromatic nitrogens is 1. The van der Waals surface area contributed by atoms with Gasteiger partial charge in [-0.15, -0.1) is 0 Å². The highest BCUT2D eigenvalue weighted by Crippen LogP contribution is 2.23. The van der Waals surface area contributed by atoms with E-state index in [1.165, 1.54) is 17.9 Å². The second-order valence-electron chi connectivity index (χ2n) is 3.90. The Morgan fingerprint density at radius 1 is 1.56 bits per heavy atom. The first-order chi connectivity index (χ1) is 7.88. The molecule has 1 aromatic heterocycles. The highest BCUT2D eigenvalue weighted by Gasteiger charge is 2.14. The number of anilines is 1. The zero-order chi connectivity index (χ0) is 11.2. The molecule has 1 aliphatic heterocycles. The first-order valence-corrected chi connectivity index (χ1v) is 6.95. The van der Waals surface area contributed by atoms with Crippen LogP contribution in [0.2, 0.25) is 0 Å². The van der Waals surface area contributed by atoms with Gasteiger partial charge in [-0.1, -0.05) is 6.07 Å². The van der Waals surface area contributed by atoms with Gasteiger partial charge in [0.15, 0.2) is 0 Å². The maximum atomic E-state index is 5.36. The summed E-state index contributed by atoms with van der Waals surface area (Å²) in [7, 11) is 0. The molecule has 0 amide bonds. The van der Waals surface area contributed by atoms with Gasteiger partial charge < -0.3 is 10.1 Å². The first-order valence-electron chi connectivity index (χ1n) is 5.80. The molecule has 1 saturated heterocycles. The summed E-state index contributed by atoms with van der Waals surface area (Å²) in [5.41, 5.74) is 0. The molecule has 0 aliphatic carbocycles. The molecule has 0 saturated carbocycles. The van der Waals surface area contributed by atoms with E-state index in [1.807, 2.05) is 36.9 Å². The van der Waals surface area contributed by atoms with Crippen molar-refractivity contribution in [2.24, 2.45) is 5.92 Å². The zero-order valence-electron chi connectivity index (χ0n) is 9.61. The van der Waals surface area contributed by atoms with E-state index in [9.17, 15) is 0 Å². The Labute approximate surface area is 101 Å². The number of thioether (sulfide) groups is 1. The Kier molecular flexibility index (Phi) is 4.34. The maximum absolute atomic E-state index is 5.36. The monoisotopic (exact) mass is 238 g/mol. The molecule has 4 heteroatoms. The molecule has 88 valence electrons. The largest absolute Gasteiger partial charge is 0.478 e. The van der Waals surface area contributed by atoms with Crippen molar-refractivity contribution < 1.29 is 4.74 Å². The van der Waals surface area contributed by atoms with Crippen LogP contribution in [0, 0.1) is 5.92 Å². The van der Waals surface area contributed by atoms with Gasteiger partial charge in [-0.05, 0) is 36.8 Å². The van der Waals surface area contributed by atoms with Crippen molar-refractivity contribution in [1.29, 1.82) is 0 Å². The molecule has 0 radical (unpaired) electrons. The standard InChI is InChI=1S/C12H18N2OS/c1-2-15-12-5-3-4-11(14-12)13-8-10-6-7-16-9-10/h3-5,10H,2,6-9H2,1H3,(H,13,14). The van der Waals surface area contributed by atoms with Crippen LogP contribution in [0.1, 0.15) is 13.3 Å². The van der Waals surface area contributed by atoms with E-state index in [2.05, 4.69) is 10.3 Å². The molecule has 0 bridgehead atoms. The SMILES string of the molecule is CCOc1cccc(NCC2CCSC2)n1. The topological polar surface area (TPSA) is 34.1 Å². The van der Waals surface area contributed by atoms with Crippen molar-refractivity contribution in [2.45, 2.75) is 13.3 Å². The summed E-state index contributed by atoms with van der Waals surface area (Å²) in [4.78, 5) is 4.38. The summed E-state index contributed by atoms with van der Waals surface area (Å²) >= 11 is 2.04. The Bertz CT molecular complexity index is 327. The molecular formula is C12H18N2OS. The smallest absolute Gasteiger partial charge is 0.215 e. The quantitative estimate of drug-likeness (QED) is 0.855. The fourth-order valence-electron chi connectivity index (χ4n) is 1.73. The number of rotatable bonds is 5. The average molecular weight is 238 g/mol. The minimum atomic E-state index is 0.662. The molecule has 2 heterocycles. The molecule has 2 rings (SSSR count). The highest BCUT2D eigenvalue weighted by molar-refractivity contribution is 7.99. The Balaban J connectivity index is 1.85. The molecule has 0 aromatic carbocycles. The van der Waals surface area contributed by atoms with Crippen molar-refractivity contribution in [3.8, 4) is 5.88 Å². The van der Waals surface area contributed by atoms with E-state index in [0.29, 0.717) is 12.5 Å². The van der Waals surface area contributed by atoms with Crippen LogP contribution in [0.5, 0.6) is 5.88 Å². The number of pyridine rings is 1. The third kappa shape index (κ3) is 3.30. The molecule has 1 N–H and O–H groups in total. The molecule has 3 nitrogen and oxygen atoms in total. The predicted octanol–water partition coefficient (Wildman–Crippen LogP) is 2.65. The van der Waals surface area contributed by atoms with Crippen molar-refractivity contribution in [1.82, 2.24) is 4.98 Å². The van der Waals surface area contributed by atoms with Crippen LogP contribution >= 0.6 is 11.8 Å². The summed E-state index contributed by atoms with van der Waals surface area (Å²) in [6.07, 6.45) is 1.32. The Morgan fingerprint density at radius 3 is 3.25 bits per heavy atom. The summed E-state index contributed by atoms with van der Waals surface area (Å²) < 4.78 is 5.36. The zero-order valence-corrected chi connectivity index (χ0v) is 10.4. The lowest BCUT2D eigenvalue weighted by Crippen LogP contribution is -2.14. The molecule has 1 unspecified atom stereocenters. The fourth-order valence-corrected chi connectivity index (χ4v) is 3.02. The molecule has 1 aliphatic rings. The van der Waals surface area contributed by atoms with Gasteiger partial charge >= 0.3 is 0 Å². The lowest BCUT2D eigenvalue weighted by atomic mass is 10.1. The number of nitrogens with one attached hydrogen (secondary N) is 1. The van der Waals surface area contributed by atoms with Gasteiger partial charge in [0.25, 0.3) is 0 Å². The van der Waals surface area contributed by atoms with E-state index >= 15 is 0 Å². The van der Waals surface area contributed by atoms with E-state index in [4.69, 9.17) is 4.74 Å². The molecule has 1 fully saturated rings. The third-order valence-corrected chi connectivity index (χ3v) is 3.84. The predicted molar refractivity (Wildman–Crippen MR) is 69.3 cm³/mol. The van der Waals surface area contributed by atoms with Gasteiger partial charge in [0.05, 0.1) is 6.61 Å². The van der Waals surface area contributed by atoms with Crippen molar-refractivity contribution >= 4 is 17.6 Å². The third-order valence-electron chi connectivity index (χ3n) is 2.61. The first kappa shape index (κ1) is 11.6. The van der Waals surface area contributed by atoms with Crippen LogP contribution in [-0.2, 0) is 0 Å². The molecule has 1 atom stereocenters. The number of hydrogen-bond donors (Lipinski definition) is 1. The molecule has 1 aromatic rings. The lowest BCUT2D eigenvalue weighted by molar-refractivity contribution is 0.327. The molecule has 16 heavy (non-hydrogen) atoms. The summed E-state index contributed by atoms with van der Waals surface area (Å²) in [5, 5.41) is 3.38. The van der Waals surface area contributed by atoms with Crippen LogP contribution < -0.4 is 10.1 Å². The van der Waals surface area contributed by atoms with Crippen molar-refractivity contribution in [3.63, 3.8) is 0 Å². The fraction of sp³-hybridized carbons (Fsp3) is 0.583. The molecular weight excluding hydrogens is 220 g/mol. The normalized spacial score (nSPS) is 19.7. The van der Waals surface area contributed by atoms with E-state index in [1.54, 1.807) is 0 Å². The van der Waals surface area contributed by atoms with Gasteiger partial charge in [-0.2, -0.15) is 16.7 Å². The van der Waals surface area contributed by atoms with Gasteiger partial charge in [0, 0.05) is 12.6 Å². The van der Waals surface area contributed by atoms with Gasteiger partial charge in [0.2, 0.25) is 5.88 Å². The minimum Gasteiger partial charge on any atom is -0.478 e. The number of nitrogens with zero attached hydrogens (tertiary/aromatic N) is 1. The van der Waals surface area contributed by atoms with Crippen molar-refractivity contribution in [2.75, 3.05) is 30.0 Å². The second-order valence-corrected chi connectivity index (χ2v) is 5.05. The van der Waals surface area contributed by atoms with Crippen LogP contribution in [0.3, 0.4) is 0 Å². The number of ether oxygens (including phenoxy) is 1. The van der Waals surface area contributed by atoms with Crippen molar-refractivity contribution in [3.05, 3.63) is 18.2 Å². The Morgan fingerprint density at radius 2 is 2.50 bits per heavy atom. The van der Waals surface area contributed by atoms with E-state index in [0.717, 1.165) is 18.3 Å². The van der Waals surface area contributed by atoms with Crippen LogP contribution in [0.15, 0.2) is 18.2 Å². The van der Waals surface area contributed by atoms with Gasteiger partial charge in [-0.3, -0.25) is 0 Å². The van der Waals surface area contributed by atoms with Crippen LogP contribution in [0.25, 0.3) is 0 Å². The van der Waals surface area contributed by atoms with Gasteiger partial charge in [0.1, 0.15) is 5.82 Å². The van der Waals surface area contributed by atoms with E-state index < -0.39 is 0 Å². The van der Waals surface area contributed by atoms with Crippen LogP contribution in [0.4, 0.5) is 5.82 Å². The summed E-state index contributed by atoms with van der Waals surface area (Å²) in [5.74, 6) is 5.00. The molecule has 0 spiro atoms. The lowest BCUT2D eigenvalue weighted by Gasteiger charge is -2.11. The summed E-state index contributed by atoms with van der Waals surface area (Å²) in [6.45, 7) is 3.66. The maximum Gasteiger partial charge on any atom is 0.215 e. The van der Waals surface area contributed by atoms with Crippen LogP contribution in [-0.4, -0.2) is 29.6 Å². The summed E-state index contributed by atoms with van der Waals surface area (Å²) in [6, 6.07) is 5.86. The van der Waals surface area contributed by atoms with Gasteiger partial charge in [-0.25, -0.2) is 0 Å². The minimum absolute atomic E-state index is 0.662. The highest BCUT2D eigenvalue weighted by atomic mass is 32.2. The average Bonchev–Trinajstić information content (AvgIpc) is 2.80. The Hall–Kier alpha value is -0.900. The second kappa shape index (κ2) is 5.99. The van der Waals surface area contributed by atoms with E-state index in [-0.39, 0.29) is 0 Å². The number of hydrogen-bond acceptors (Lipinski definition) is 4.